The van der Waals surface area contributed by atoms with Crippen molar-refractivity contribution in [2.24, 2.45) is 11.3 Å². The van der Waals surface area contributed by atoms with Crippen LogP contribution in [-0.2, 0) is 9.59 Å². The summed E-state index contributed by atoms with van der Waals surface area (Å²) in [6, 6.07) is 5.79. The molecule has 1 aromatic rings. The second-order valence-corrected chi connectivity index (χ2v) is 7.83. The molecule has 0 bridgehead atoms. The highest BCUT2D eigenvalue weighted by atomic mass is 19.1. The minimum absolute atomic E-state index is 0.104. The minimum Gasteiger partial charge on any atom is -0.481 e. The molecule has 1 saturated carbocycles. The van der Waals surface area contributed by atoms with Crippen molar-refractivity contribution in [2.45, 2.75) is 37.6 Å². The van der Waals surface area contributed by atoms with Crippen LogP contribution in [0, 0.1) is 17.2 Å². The van der Waals surface area contributed by atoms with Crippen molar-refractivity contribution in [2.75, 3.05) is 19.6 Å². The molecule has 134 valence electrons. The van der Waals surface area contributed by atoms with E-state index in [1.54, 1.807) is 17.0 Å². The number of piperidine rings is 1. The van der Waals surface area contributed by atoms with E-state index in [2.05, 4.69) is 5.32 Å². The molecule has 3 atom stereocenters. The number of halogens is 1. The number of hydrogen-bond acceptors (Lipinski definition) is 3. The van der Waals surface area contributed by atoms with Crippen LogP contribution in [0.4, 0.5) is 4.39 Å². The molecule has 6 heteroatoms. The van der Waals surface area contributed by atoms with Crippen molar-refractivity contribution in [3.8, 4) is 0 Å². The van der Waals surface area contributed by atoms with E-state index in [1.165, 1.54) is 12.1 Å². The number of nitrogens with zero attached hydrogens (tertiary/aromatic N) is 1. The molecule has 0 radical (unpaired) electrons. The van der Waals surface area contributed by atoms with Gasteiger partial charge in [-0.2, -0.15) is 0 Å². The van der Waals surface area contributed by atoms with Gasteiger partial charge in [0.25, 0.3) is 0 Å². The Balaban J connectivity index is 1.44. The van der Waals surface area contributed by atoms with Crippen molar-refractivity contribution in [1.82, 2.24) is 10.2 Å². The standard InChI is InChI=1S/C19H23FN2O3/c20-14-3-1-12(2-4-14)13-5-8-22(10-13)17(23)16-15(18(24)25)9-19(6-7-19)11-21-16/h1-4,13,15-16,21H,5-11H2,(H,24,25). The van der Waals surface area contributed by atoms with Crippen LogP contribution < -0.4 is 5.32 Å². The van der Waals surface area contributed by atoms with Crippen molar-refractivity contribution >= 4 is 11.9 Å². The SMILES string of the molecule is O=C(O)C1CC2(CC2)CNC1C(=O)N1CCC(c2ccc(F)cc2)C1. The number of carbonyl (C=O) groups excluding carboxylic acids is 1. The molecule has 3 fully saturated rings. The van der Waals surface area contributed by atoms with Crippen LogP contribution in [0.25, 0.3) is 0 Å². The summed E-state index contributed by atoms with van der Waals surface area (Å²) in [6.07, 6.45) is 3.54. The first-order valence-corrected chi connectivity index (χ1v) is 8.98. The lowest BCUT2D eigenvalue weighted by molar-refractivity contribution is -0.150. The molecule has 4 rings (SSSR count). The van der Waals surface area contributed by atoms with Crippen LogP contribution in [-0.4, -0.2) is 47.6 Å². The molecular formula is C19H23FN2O3. The highest BCUT2D eigenvalue weighted by Crippen LogP contribution is 2.52. The zero-order chi connectivity index (χ0) is 17.6. The van der Waals surface area contributed by atoms with Crippen LogP contribution in [0.2, 0.25) is 0 Å². The van der Waals surface area contributed by atoms with Crippen LogP contribution >= 0.6 is 0 Å². The first-order valence-electron chi connectivity index (χ1n) is 8.98. The maximum atomic E-state index is 13.1. The minimum atomic E-state index is -0.883. The lowest BCUT2D eigenvalue weighted by Gasteiger charge is -2.36. The molecule has 1 spiro atoms. The number of nitrogens with one attached hydrogen (secondary N) is 1. The molecule has 1 amide bonds. The van der Waals surface area contributed by atoms with Crippen molar-refractivity contribution < 1.29 is 19.1 Å². The van der Waals surface area contributed by atoms with Gasteiger partial charge in [-0.25, -0.2) is 4.39 Å². The summed E-state index contributed by atoms with van der Waals surface area (Å²) in [5, 5.41) is 12.8. The van der Waals surface area contributed by atoms with Gasteiger partial charge in [0, 0.05) is 25.6 Å². The first kappa shape index (κ1) is 16.5. The van der Waals surface area contributed by atoms with Gasteiger partial charge in [0.1, 0.15) is 11.9 Å². The quantitative estimate of drug-likeness (QED) is 0.878. The Labute approximate surface area is 146 Å². The zero-order valence-corrected chi connectivity index (χ0v) is 14.1. The Morgan fingerprint density at radius 2 is 1.96 bits per heavy atom. The Morgan fingerprint density at radius 1 is 1.24 bits per heavy atom. The van der Waals surface area contributed by atoms with E-state index in [1.807, 2.05) is 0 Å². The molecular weight excluding hydrogens is 323 g/mol. The van der Waals surface area contributed by atoms with E-state index in [-0.39, 0.29) is 23.1 Å². The number of rotatable bonds is 3. The summed E-state index contributed by atoms with van der Waals surface area (Å²) in [5.74, 6) is -1.71. The lowest BCUT2D eigenvalue weighted by Crippen LogP contribution is -2.57. The fourth-order valence-corrected chi connectivity index (χ4v) is 4.34. The summed E-state index contributed by atoms with van der Waals surface area (Å²) in [4.78, 5) is 26.4. The second kappa shape index (κ2) is 6.09. The van der Waals surface area contributed by atoms with E-state index in [0.29, 0.717) is 19.5 Å². The number of hydrogen-bond donors (Lipinski definition) is 2. The van der Waals surface area contributed by atoms with Gasteiger partial charge in [-0.3, -0.25) is 9.59 Å². The fraction of sp³-hybridized carbons (Fsp3) is 0.579. The molecule has 0 aromatic heterocycles. The molecule has 25 heavy (non-hydrogen) atoms. The predicted molar refractivity (Wildman–Crippen MR) is 89.5 cm³/mol. The highest BCUT2D eigenvalue weighted by Gasteiger charge is 2.53. The largest absolute Gasteiger partial charge is 0.481 e. The molecule has 2 N–H and O–H groups in total. The second-order valence-electron chi connectivity index (χ2n) is 7.83. The van der Waals surface area contributed by atoms with Gasteiger partial charge in [-0.05, 0) is 48.8 Å². The van der Waals surface area contributed by atoms with Gasteiger partial charge in [0.2, 0.25) is 5.91 Å². The van der Waals surface area contributed by atoms with E-state index in [4.69, 9.17) is 0 Å². The van der Waals surface area contributed by atoms with Crippen LogP contribution in [0.1, 0.15) is 37.2 Å². The Morgan fingerprint density at radius 3 is 2.60 bits per heavy atom. The average molecular weight is 346 g/mol. The van der Waals surface area contributed by atoms with Crippen molar-refractivity contribution in [1.29, 1.82) is 0 Å². The summed E-state index contributed by atoms with van der Waals surface area (Å²) >= 11 is 0. The average Bonchev–Trinajstić information content (AvgIpc) is 3.17. The number of benzene rings is 1. The maximum absolute atomic E-state index is 13.1. The van der Waals surface area contributed by atoms with Crippen molar-refractivity contribution in [3.05, 3.63) is 35.6 Å². The monoisotopic (exact) mass is 346 g/mol. The molecule has 3 unspecified atom stereocenters. The topological polar surface area (TPSA) is 69.6 Å². The Kier molecular flexibility index (Phi) is 4.02. The molecule has 1 aliphatic carbocycles. The van der Waals surface area contributed by atoms with Gasteiger partial charge >= 0.3 is 5.97 Å². The zero-order valence-electron chi connectivity index (χ0n) is 14.1. The number of likely N-dealkylation sites (tertiary alicyclic amines) is 1. The van der Waals surface area contributed by atoms with Gasteiger partial charge in [0.15, 0.2) is 0 Å². The van der Waals surface area contributed by atoms with E-state index in [0.717, 1.165) is 31.4 Å². The smallest absolute Gasteiger partial charge is 0.308 e. The summed E-state index contributed by atoms with van der Waals surface area (Å²) in [7, 11) is 0. The molecule has 3 aliphatic rings. The number of amides is 1. The number of carboxylic acids is 1. The maximum Gasteiger partial charge on any atom is 0.308 e. The molecule has 2 aliphatic heterocycles. The molecule has 2 saturated heterocycles. The van der Waals surface area contributed by atoms with Gasteiger partial charge in [0.05, 0.1) is 5.92 Å². The van der Waals surface area contributed by atoms with E-state index >= 15 is 0 Å². The number of carboxylic acid groups (broad SMARTS) is 1. The van der Waals surface area contributed by atoms with Crippen LogP contribution in [0.3, 0.4) is 0 Å². The first-order chi connectivity index (χ1) is 12.0. The third-order valence-corrected chi connectivity index (χ3v) is 6.13. The molecule has 1 aromatic carbocycles. The number of carbonyl (C=O) groups is 2. The van der Waals surface area contributed by atoms with E-state index in [9.17, 15) is 19.1 Å². The normalized spacial score (nSPS) is 30.4. The Hall–Kier alpha value is -1.95. The van der Waals surface area contributed by atoms with E-state index < -0.39 is 17.9 Å². The highest BCUT2D eigenvalue weighted by molar-refractivity contribution is 5.88. The fourth-order valence-electron chi connectivity index (χ4n) is 4.34. The van der Waals surface area contributed by atoms with Gasteiger partial charge in [-0.1, -0.05) is 12.1 Å². The Bertz CT molecular complexity index is 686. The van der Waals surface area contributed by atoms with Crippen LogP contribution in [0.5, 0.6) is 0 Å². The van der Waals surface area contributed by atoms with Gasteiger partial charge in [-0.15, -0.1) is 0 Å². The third kappa shape index (κ3) is 3.15. The lowest BCUT2D eigenvalue weighted by atomic mass is 9.82. The number of aliphatic carboxylic acids is 1. The van der Waals surface area contributed by atoms with Crippen LogP contribution in [0.15, 0.2) is 24.3 Å². The molecule has 5 nitrogen and oxygen atoms in total. The predicted octanol–water partition coefficient (Wildman–Crippen LogP) is 1.98. The summed E-state index contributed by atoms with van der Waals surface area (Å²) < 4.78 is 13.1. The van der Waals surface area contributed by atoms with Crippen molar-refractivity contribution in [3.63, 3.8) is 0 Å². The summed E-state index contributed by atoms with van der Waals surface area (Å²) in [5.41, 5.74) is 1.14. The molecule has 2 heterocycles. The summed E-state index contributed by atoms with van der Waals surface area (Å²) in [6.45, 7) is 1.93. The van der Waals surface area contributed by atoms with Gasteiger partial charge < -0.3 is 15.3 Å². The third-order valence-electron chi connectivity index (χ3n) is 6.13.